The SMILES string of the molecule is CN(C1CC(F)C1)[C@H]1CC[C@H](NC(=O)c2cc3cc([C@@H](F)P(=O)(O)O)ccc3s2)C(=O)N2[C@H](CC[C@H]2C(=O)N2C[C@H](c3ccccc3)CC23CC3)C1. The number of thiophene rings is 1. The van der Waals surface area contributed by atoms with Crippen LogP contribution in [0.1, 0.15) is 96.8 Å². The van der Waals surface area contributed by atoms with E-state index in [2.05, 4.69) is 27.2 Å². The van der Waals surface area contributed by atoms with Gasteiger partial charge in [0, 0.05) is 40.8 Å². The monoisotopic (exact) mass is 754 g/mol. The number of nitrogens with zero attached hydrogens (tertiary/aromatic N) is 3. The van der Waals surface area contributed by atoms with E-state index in [1.54, 1.807) is 4.90 Å². The molecule has 0 unspecified atom stereocenters. The molecular weight excluding hydrogens is 709 g/mol. The number of likely N-dealkylation sites (tertiary alicyclic amines) is 1. The molecule has 3 aliphatic heterocycles. The molecule has 3 amide bonds. The summed E-state index contributed by atoms with van der Waals surface area (Å²) in [6, 6.07) is 14.4. The number of rotatable bonds is 8. The average Bonchev–Trinajstić information content (AvgIpc) is 3.40. The van der Waals surface area contributed by atoms with E-state index in [1.165, 1.54) is 29.8 Å². The van der Waals surface area contributed by atoms with Crippen LogP contribution in [0.15, 0.2) is 54.6 Å². The van der Waals surface area contributed by atoms with Crippen molar-refractivity contribution in [2.75, 3.05) is 13.6 Å². The third-order valence-electron chi connectivity index (χ3n) is 12.5. The van der Waals surface area contributed by atoms with Crippen molar-refractivity contribution in [2.45, 2.75) is 118 Å². The van der Waals surface area contributed by atoms with Crippen LogP contribution in [0, 0.1) is 0 Å². The molecule has 3 saturated heterocycles. The van der Waals surface area contributed by atoms with E-state index in [4.69, 9.17) is 0 Å². The first-order chi connectivity index (χ1) is 24.8. The molecule has 5 fully saturated rings. The van der Waals surface area contributed by atoms with Gasteiger partial charge in [0.25, 0.3) is 5.91 Å². The molecule has 3 N–H and O–H groups in total. The van der Waals surface area contributed by atoms with E-state index in [0.717, 1.165) is 30.6 Å². The lowest BCUT2D eigenvalue weighted by Crippen LogP contribution is -2.59. The summed E-state index contributed by atoms with van der Waals surface area (Å²) in [5.74, 6) is -3.00. The largest absolute Gasteiger partial charge is 0.363 e. The summed E-state index contributed by atoms with van der Waals surface area (Å²) in [5, 5.41) is 3.43. The number of hydrogen-bond acceptors (Lipinski definition) is 6. The summed E-state index contributed by atoms with van der Waals surface area (Å²) in [5.41, 5.74) is 0.873. The Morgan fingerprint density at radius 2 is 1.77 bits per heavy atom. The standard InChI is InChI=1S/C38H45F2N4O6PS/c1-42(29-17-26(39)18-29)27-8-10-30(41-35(45)33-16-24-15-23(7-12-32(24)52-33)34(40)51(48,49)50)36(46)44-28(19-27)9-11-31(44)37(47)43-21-25(20-38(43)13-14-38)22-5-3-2-4-6-22/h2-7,12,15-16,25-31,34H,8-11,13-14,17-21H2,1H3,(H,41,45)(H2,48,49,50)/t25-,26?,27+,28-,29?,30+,31+,34+/m1/s1. The highest BCUT2D eigenvalue weighted by atomic mass is 32.1. The molecule has 0 radical (unpaired) electrons. The predicted octanol–water partition coefficient (Wildman–Crippen LogP) is 6.04. The maximum absolute atomic E-state index is 14.6. The number of carbonyl (C=O) groups is 3. The topological polar surface area (TPSA) is 130 Å². The van der Waals surface area contributed by atoms with Crippen LogP contribution in [0.5, 0.6) is 0 Å². The fraction of sp³-hybridized carbons (Fsp3) is 0.553. The summed E-state index contributed by atoms with van der Waals surface area (Å²) in [6.45, 7) is 0.620. The van der Waals surface area contributed by atoms with E-state index >= 15 is 0 Å². The van der Waals surface area contributed by atoms with Gasteiger partial charge in [-0.15, -0.1) is 11.3 Å². The van der Waals surface area contributed by atoms with Crippen LogP contribution in [0.2, 0.25) is 0 Å². The van der Waals surface area contributed by atoms with Crippen molar-refractivity contribution >= 4 is 46.7 Å². The van der Waals surface area contributed by atoms with Gasteiger partial charge in [0.1, 0.15) is 18.3 Å². The van der Waals surface area contributed by atoms with Crippen molar-refractivity contribution in [3.05, 3.63) is 70.6 Å². The highest BCUT2D eigenvalue weighted by Crippen LogP contribution is 2.55. The van der Waals surface area contributed by atoms with Crippen molar-refractivity contribution < 1.29 is 37.5 Å². The quantitative estimate of drug-likeness (QED) is 0.239. The van der Waals surface area contributed by atoms with Gasteiger partial charge < -0.3 is 29.8 Å². The molecule has 52 heavy (non-hydrogen) atoms. The lowest BCUT2D eigenvalue weighted by atomic mass is 9.86. The number of nitrogens with one attached hydrogen (secondary N) is 1. The minimum atomic E-state index is -5.01. The van der Waals surface area contributed by atoms with Crippen LogP contribution in [0.3, 0.4) is 0 Å². The van der Waals surface area contributed by atoms with E-state index in [1.807, 2.05) is 25.2 Å². The van der Waals surface area contributed by atoms with Gasteiger partial charge in [0.15, 0.2) is 0 Å². The zero-order valence-electron chi connectivity index (χ0n) is 29.1. The third kappa shape index (κ3) is 6.61. The molecular formula is C38H45F2N4O6PS. The molecule has 10 nitrogen and oxygen atoms in total. The van der Waals surface area contributed by atoms with Crippen molar-refractivity contribution in [3.8, 4) is 0 Å². The Bertz CT molecular complexity index is 1920. The molecule has 1 spiro atoms. The molecule has 2 aliphatic carbocycles. The first-order valence-electron chi connectivity index (χ1n) is 18.4. The van der Waals surface area contributed by atoms with Gasteiger partial charge in [0.2, 0.25) is 17.7 Å². The molecule has 278 valence electrons. The van der Waals surface area contributed by atoms with Crippen molar-refractivity contribution in [1.82, 2.24) is 20.0 Å². The zero-order valence-corrected chi connectivity index (χ0v) is 30.8. The van der Waals surface area contributed by atoms with Crippen LogP contribution in [-0.4, -0.2) is 97.7 Å². The van der Waals surface area contributed by atoms with Gasteiger partial charge >= 0.3 is 7.60 Å². The Morgan fingerprint density at radius 1 is 1.02 bits per heavy atom. The Labute approximate surface area is 305 Å². The third-order valence-corrected chi connectivity index (χ3v) is 14.5. The Hall–Kier alpha value is -3.22. The zero-order chi connectivity index (χ0) is 36.5. The Balaban J connectivity index is 1.05. The molecule has 6 atom stereocenters. The molecule has 2 saturated carbocycles. The number of alkyl halides is 2. The fourth-order valence-corrected chi connectivity index (χ4v) is 10.8. The number of carbonyl (C=O) groups excluding carboxylic acids is 3. The van der Waals surface area contributed by atoms with Gasteiger partial charge in [-0.2, -0.15) is 0 Å². The highest BCUT2D eigenvalue weighted by molar-refractivity contribution is 7.51. The van der Waals surface area contributed by atoms with E-state index in [0.29, 0.717) is 61.6 Å². The van der Waals surface area contributed by atoms with Crippen LogP contribution in [0.4, 0.5) is 8.78 Å². The van der Waals surface area contributed by atoms with Crippen LogP contribution in [0.25, 0.3) is 10.1 Å². The normalized spacial score (nSPS) is 30.6. The van der Waals surface area contributed by atoms with Crippen molar-refractivity contribution in [1.29, 1.82) is 0 Å². The second-order valence-corrected chi connectivity index (χ2v) is 18.4. The van der Waals surface area contributed by atoms with E-state index in [9.17, 15) is 37.5 Å². The number of hydrogen-bond donors (Lipinski definition) is 3. The van der Waals surface area contributed by atoms with Gasteiger partial charge in [-0.05, 0) is 106 Å². The number of fused-ring (bicyclic) bond motifs is 2. The number of benzene rings is 2. The summed E-state index contributed by atoms with van der Waals surface area (Å²) in [6.07, 6.45) is 5.85. The molecule has 2 aromatic carbocycles. The fourth-order valence-electron chi connectivity index (χ4n) is 9.30. The lowest BCUT2D eigenvalue weighted by molar-refractivity contribution is -0.148. The molecule has 3 aromatic rings. The van der Waals surface area contributed by atoms with Crippen molar-refractivity contribution in [3.63, 3.8) is 0 Å². The highest BCUT2D eigenvalue weighted by Gasteiger charge is 2.58. The lowest BCUT2D eigenvalue weighted by Gasteiger charge is -2.45. The van der Waals surface area contributed by atoms with Crippen LogP contribution >= 0.6 is 18.9 Å². The summed E-state index contributed by atoms with van der Waals surface area (Å²) < 4.78 is 40.5. The van der Waals surface area contributed by atoms with Crippen molar-refractivity contribution in [2.24, 2.45) is 0 Å². The first-order valence-corrected chi connectivity index (χ1v) is 20.9. The molecule has 0 bridgehead atoms. The van der Waals surface area contributed by atoms with Gasteiger partial charge in [0.05, 0.1) is 4.88 Å². The maximum atomic E-state index is 14.6. The molecule has 1 aromatic heterocycles. The average molecular weight is 755 g/mol. The summed E-state index contributed by atoms with van der Waals surface area (Å²) in [7, 11) is -2.99. The molecule has 14 heteroatoms. The second-order valence-electron chi connectivity index (χ2n) is 15.7. The molecule has 5 aliphatic rings. The maximum Gasteiger partial charge on any atom is 0.363 e. The first kappa shape index (κ1) is 35.8. The van der Waals surface area contributed by atoms with Gasteiger partial charge in [-0.3, -0.25) is 18.9 Å². The minimum absolute atomic E-state index is 0.0108. The van der Waals surface area contributed by atoms with Gasteiger partial charge in [-0.1, -0.05) is 36.4 Å². The van der Waals surface area contributed by atoms with E-state index < -0.39 is 37.7 Å². The second kappa shape index (κ2) is 13.6. The molecule has 8 rings (SSSR count). The number of halogens is 2. The van der Waals surface area contributed by atoms with Crippen LogP contribution in [-0.2, 0) is 14.2 Å². The van der Waals surface area contributed by atoms with Gasteiger partial charge in [-0.25, -0.2) is 8.78 Å². The molecule has 4 heterocycles. The van der Waals surface area contributed by atoms with E-state index in [-0.39, 0.29) is 51.8 Å². The number of amides is 3. The Morgan fingerprint density at radius 3 is 2.46 bits per heavy atom. The summed E-state index contributed by atoms with van der Waals surface area (Å²) >= 11 is 1.14. The van der Waals surface area contributed by atoms with Crippen LogP contribution < -0.4 is 5.32 Å². The predicted molar refractivity (Wildman–Crippen MR) is 193 cm³/mol. The summed E-state index contributed by atoms with van der Waals surface area (Å²) in [4.78, 5) is 68.0. The Kier molecular flexibility index (Phi) is 9.34. The minimum Gasteiger partial charge on any atom is -0.340 e. The smallest absolute Gasteiger partial charge is 0.340 e.